The van der Waals surface area contributed by atoms with Crippen molar-refractivity contribution in [3.8, 4) is 5.75 Å². The van der Waals surface area contributed by atoms with E-state index in [0.717, 1.165) is 18.8 Å². The summed E-state index contributed by atoms with van der Waals surface area (Å²) >= 11 is 0. The number of nitrogens with zero attached hydrogens (tertiary/aromatic N) is 1. The van der Waals surface area contributed by atoms with E-state index in [-0.39, 0.29) is 0 Å². The maximum atomic E-state index is 9.08. The molecule has 0 saturated carbocycles. The zero-order chi connectivity index (χ0) is 9.10. The lowest BCUT2D eigenvalue weighted by atomic mass is 10.3. The molecular weight excluding hydrogens is 164 g/mol. The number of aromatic hydroxyl groups is 1. The molecular formula is C10H14N2O. The molecule has 0 atom stereocenters. The van der Waals surface area contributed by atoms with Crippen molar-refractivity contribution in [2.24, 2.45) is 0 Å². The summed E-state index contributed by atoms with van der Waals surface area (Å²) in [4.78, 5) is 0. The number of phenolic OH excluding ortho intramolecular Hbond substituents is 1. The molecule has 70 valence electrons. The summed E-state index contributed by atoms with van der Waals surface area (Å²) in [5.41, 5.74) is 4.33. The largest absolute Gasteiger partial charge is 0.508 e. The molecule has 1 aromatic carbocycles. The van der Waals surface area contributed by atoms with Crippen LogP contribution in [0.3, 0.4) is 0 Å². The maximum absolute atomic E-state index is 9.08. The van der Waals surface area contributed by atoms with Crippen LogP contribution in [0.2, 0.25) is 0 Å². The fourth-order valence-electron chi connectivity index (χ4n) is 1.55. The summed E-state index contributed by atoms with van der Waals surface area (Å²) < 4.78 is 0. The average molecular weight is 178 g/mol. The quantitative estimate of drug-likeness (QED) is 0.678. The second kappa shape index (κ2) is 3.66. The third-order valence-corrected chi connectivity index (χ3v) is 2.26. The van der Waals surface area contributed by atoms with Gasteiger partial charge in [-0.1, -0.05) is 0 Å². The van der Waals surface area contributed by atoms with E-state index < -0.39 is 0 Å². The summed E-state index contributed by atoms with van der Waals surface area (Å²) in [7, 11) is 0. The van der Waals surface area contributed by atoms with Crippen molar-refractivity contribution in [1.29, 1.82) is 0 Å². The highest BCUT2D eigenvalue weighted by atomic mass is 16.3. The molecule has 1 fully saturated rings. The van der Waals surface area contributed by atoms with Gasteiger partial charge in [0.25, 0.3) is 0 Å². The van der Waals surface area contributed by atoms with Crippen LogP contribution in [0.25, 0.3) is 0 Å². The second-order valence-electron chi connectivity index (χ2n) is 3.35. The molecule has 0 radical (unpaired) electrons. The third-order valence-electron chi connectivity index (χ3n) is 2.26. The minimum Gasteiger partial charge on any atom is -0.508 e. The van der Waals surface area contributed by atoms with Crippen LogP contribution >= 0.6 is 0 Å². The van der Waals surface area contributed by atoms with Gasteiger partial charge >= 0.3 is 0 Å². The molecule has 0 bridgehead atoms. The standard InChI is InChI=1S/C10H14N2O/c13-10-5-3-9(4-6-10)11-12-7-1-2-8-12/h3-6,11,13H,1-2,7-8H2. The van der Waals surface area contributed by atoms with Crippen molar-refractivity contribution in [2.75, 3.05) is 18.5 Å². The first-order valence-electron chi connectivity index (χ1n) is 4.65. The van der Waals surface area contributed by atoms with Crippen LogP contribution in [-0.2, 0) is 0 Å². The Morgan fingerprint density at radius 2 is 1.69 bits per heavy atom. The van der Waals surface area contributed by atoms with E-state index in [1.54, 1.807) is 12.1 Å². The van der Waals surface area contributed by atoms with E-state index in [2.05, 4.69) is 10.4 Å². The zero-order valence-electron chi connectivity index (χ0n) is 7.53. The highest BCUT2D eigenvalue weighted by molar-refractivity contribution is 5.45. The van der Waals surface area contributed by atoms with E-state index in [9.17, 15) is 0 Å². The van der Waals surface area contributed by atoms with Gasteiger partial charge in [-0.05, 0) is 37.1 Å². The van der Waals surface area contributed by atoms with Crippen molar-refractivity contribution in [1.82, 2.24) is 5.01 Å². The average Bonchev–Trinajstić information content (AvgIpc) is 2.62. The van der Waals surface area contributed by atoms with E-state index in [4.69, 9.17) is 5.11 Å². The Bertz CT molecular complexity index is 265. The first-order chi connectivity index (χ1) is 6.34. The lowest BCUT2D eigenvalue weighted by molar-refractivity contribution is 0.410. The SMILES string of the molecule is Oc1ccc(NN2CCCC2)cc1. The van der Waals surface area contributed by atoms with Gasteiger partial charge in [-0.25, -0.2) is 5.01 Å². The monoisotopic (exact) mass is 178 g/mol. The van der Waals surface area contributed by atoms with Crippen LogP contribution < -0.4 is 5.43 Å². The first kappa shape index (κ1) is 8.38. The van der Waals surface area contributed by atoms with Crippen molar-refractivity contribution in [3.05, 3.63) is 24.3 Å². The Hall–Kier alpha value is -1.22. The van der Waals surface area contributed by atoms with Gasteiger partial charge in [0.05, 0.1) is 0 Å². The molecule has 2 rings (SSSR count). The number of hydrazine groups is 1. The van der Waals surface area contributed by atoms with Crippen LogP contribution in [0.15, 0.2) is 24.3 Å². The highest BCUT2D eigenvalue weighted by Gasteiger charge is 2.10. The predicted molar refractivity (Wildman–Crippen MR) is 52.5 cm³/mol. The van der Waals surface area contributed by atoms with Crippen molar-refractivity contribution in [3.63, 3.8) is 0 Å². The molecule has 1 aromatic rings. The Balaban J connectivity index is 1.97. The molecule has 13 heavy (non-hydrogen) atoms. The molecule has 0 spiro atoms. The predicted octanol–water partition coefficient (Wildman–Crippen LogP) is 1.81. The molecule has 1 aliphatic heterocycles. The molecule has 0 amide bonds. The van der Waals surface area contributed by atoms with Crippen LogP contribution in [-0.4, -0.2) is 23.2 Å². The van der Waals surface area contributed by atoms with Crippen LogP contribution in [0.4, 0.5) is 5.69 Å². The second-order valence-corrected chi connectivity index (χ2v) is 3.35. The normalized spacial score (nSPS) is 17.5. The number of hydrogen-bond donors (Lipinski definition) is 2. The van der Waals surface area contributed by atoms with Gasteiger partial charge in [0, 0.05) is 18.8 Å². The fourth-order valence-corrected chi connectivity index (χ4v) is 1.55. The van der Waals surface area contributed by atoms with E-state index in [1.807, 2.05) is 12.1 Å². The van der Waals surface area contributed by atoms with Crippen LogP contribution in [0, 0.1) is 0 Å². The van der Waals surface area contributed by atoms with Gasteiger partial charge in [0.2, 0.25) is 0 Å². The van der Waals surface area contributed by atoms with Gasteiger partial charge < -0.3 is 10.5 Å². The summed E-state index contributed by atoms with van der Waals surface area (Å²) in [6.45, 7) is 2.22. The molecule has 3 heteroatoms. The molecule has 0 aromatic heterocycles. The Morgan fingerprint density at radius 3 is 2.31 bits per heavy atom. The third kappa shape index (κ3) is 2.12. The Kier molecular flexibility index (Phi) is 2.36. The van der Waals surface area contributed by atoms with Crippen molar-refractivity contribution < 1.29 is 5.11 Å². The topological polar surface area (TPSA) is 35.5 Å². The molecule has 3 nitrogen and oxygen atoms in total. The van der Waals surface area contributed by atoms with Gasteiger partial charge in [0.15, 0.2) is 0 Å². The molecule has 0 unspecified atom stereocenters. The van der Waals surface area contributed by atoms with Crippen molar-refractivity contribution in [2.45, 2.75) is 12.8 Å². The Morgan fingerprint density at radius 1 is 1.08 bits per heavy atom. The van der Waals surface area contributed by atoms with Gasteiger partial charge in [-0.15, -0.1) is 0 Å². The van der Waals surface area contributed by atoms with Crippen molar-refractivity contribution >= 4 is 5.69 Å². The van der Waals surface area contributed by atoms with Crippen LogP contribution in [0.1, 0.15) is 12.8 Å². The fraction of sp³-hybridized carbons (Fsp3) is 0.400. The lowest BCUT2D eigenvalue weighted by Gasteiger charge is -2.17. The maximum Gasteiger partial charge on any atom is 0.115 e. The lowest BCUT2D eigenvalue weighted by Crippen LogP contribution is -2.25. The molecule has 1 aliphatic rings. The van der Waals surface area contributed by atoms with E-state index >= 15 is 0 Å². The summed E-state index contributed by atoms with van der Waals surface area (Å²) in [6.07, 6.45) is 2.54. The summed E-state index contributed by atoms with van der Waals surface area (Å²) in [5, 5.41) is 11.3. The van der Waals surface area contributed by atoms with Gasteiger partial charge in [-0.2, -0.15) is 0 Å². The number of nitrogens with one attached hydrogen (secondary N) is 1. The van der Waals surface area contributed by atoms with Gasteiger partial charge in [0.1, 0.15) is 5.75 Å². The number of anilines is 1. The van der Waals surface area contributed by atoms with E-state index in [1.165, 1.54) is 12.8 Å². The molecule has 1 saturated heterocycles. The molecule has 1 heterocycles. The van der Waals surface area contributed by atoms with Gasteiger partial charge in [-0.3, -0.25) is 0 Å². The first-order valence-corrected chi connectivity index (χ1v) is 4.65. The summed E-state index contributed by atoms with van der Waals surface area (Å²) in [5.74, 6) is 0.312. The number of rotatable bonds is 2. The minimum atomic E-state index is 0.312. The summed E-state index contributed by atoms with van der Waals surface area (Å²) in [6, 6.07) is 7.15. The number of phenols is 1. The minimum absolute atomic E-state index is 0.312. The number of benzene rings is 1. The van der Waals surface area contributed by atoms with Crippen LogP contribution in [0.5, 0.6) is 5.75 Å². The zero-order valence-corrected chi connectivity index (χ0v) is 7.53. The number of hydrogen-bond acceptors (Lipinski definition) is 3. The smallest absolute Gasteiger partial charge is 0.115 e. The molecule has 0 aliphatic carbocycles. The Labute approximate surface area is 78.0 Å². The van der Waals surface area contributed by atoms with E-state index in [0.29, 0.717) is 5.75 Å². The highest BCUT2D eigenvalue weighted by Crippen LogP contribution is 2.16. The molecule has 2 N–H and O–H groups in total.